The van der Waals surface area contributed by atoms with Crippen LogP contribution in [0.25, 0.3) is 10.8 Å². The van der Waals surface area contributed by atoms with Crippen molar-refractivity contribution in [3.05, 3.63) is 58.7 Å². The zero-order chi connectivity index (χ0) is 25.4. The van der Waals surface area contributed by atoms with E-state index in [1.165, 1.54) is 0 Å². The average Bonchev–Trinajstić information content (AvgIpc) is 3.24. The van der Waals surface area contributed by atoms with E-state index in [1.54, 1.807) is 42.1 Å². The Morgan fingerprint density at radius 2 is 1.83 bits per heavy atom. The Morgan fingerprint density at radius 3 is 2.49 bits per heavy atom. The fourth-order valence-corrected chi connectivity index (χ4v) is 5.16. The van der Waals surface area contributed by atoms with Crippen LogP contribution >= 0.6 is 15.9 Å². The zero-order valence-electron chi connectivity index (χ0n) is 20.3. The van der Waals surface area contributed by atoms with Gasteiger partial charge in [0.05, 0.1) is 13.7 Å². The summed E-state index contributed by atoms with van der Waals surface area (Å²) in [6.45, 7) is 7.10. The van der Waals surface area contributed by atoms with Gasteiger partial charge in [0.2, 0.25) is 0 Å². The van der Waals surface area contributed by atoms with Crippen LogP contribution in [-0.4, -0.2) is 55.0 Å². The summed E-state index contributed by atoms with van der Waals surface area (Å²) in [7, 11) is 0.252. The van der Waals surface area contributed by atoms with E-state index in [0.29, 0.717) is 23.3 Å². The monoisotopic (exact) mass is 559 g/mol. The standard InChI is InChI=1S/C25H30BrN3O5Si/c1-33-20-10-5-17-14-28(22(30)21(17)13-20)15-25(18-6-8-19(26)9-7-18)23(31)29(24(32)27-25)16-34-11-12-35(2,3)4/h5-10,13-14,30H,11-12,15-16H2,1-4H3,(H,27,32)/t25-/m0/s1. The van der Waals surface area contributed by atoms with Gasteiger partial charge in [-0.3, -0.25) is 4.79 Å². The van der Waals surface area contributed by atoms with E-state index in [2.05, 4.69) is 40.9 Å². The molecule has 0 spiro atoms. The molecule has 35 heavy (non-hydrogen) atoms. The molecule has 10 heteroatoms. The molecule has 1 atom stereocenters. The van der Waals surface area contributed by atoms with Gasteiger partial charge in [0.15, 0.2) is 11.4 Å². The Bertz CT molecular complexity index is 1250. The lowest BCUT2D eigenvalue weighted by Gasteiger charge is -2.28. The van der Waals surface area contributed by atoms with Crippen molar-refractivity contribution < 1.29 is 24.2 Å². The first kappa shape index (κ1) is 25.3. The van der Waals surface area contributed by atoms with Crippen LogP contribution in [0.2, 0.25) is 25.7 Å². The number of carbonyl (C=O) groups is 2. The van der Waals surface area contributed by atoms with Gasteiger partial charge in [0, 0.05) is 36.1 Å². The number of benzene rings is 2. The van der Waals surface area contributed by atoms with Crippen molar-refractivity contribution in [3.8, 4) is 11.6 Å². The van der Waals surface area contributed by atoms with Crippen LogP contribution in [0.4, 0.5) is 4.79 Å². The summed E-state index contributed by atoms with van der Waals surface area (Å²) < 4.78 is 13.4. The van der Waals surface area contributed by atoms with Gasteiger partial charge in [0.25, 0.3) is 5.91 Å². The molecule has 2 aromatic carbocycles. The van der Waals surface area contributed by atoms with Crippen LogP contribution in [-0.2, 0) is 21.6 Å². The second-order valence-corrected chi connectivity index (χ2v) is 16.5. The van der Waals surface area contributed by atoms with Crippen molar-refractivity contribution in [1.82, 2.24) is 14.8 Å². The highest BCUT2D eigenvalue weighted by atomic mass is 79.9. The quantitative estimate of drug-likeness (QED) is 0.221. The van der Waals surface area contributed by atoms with Crippen LogP contribution in [0.5, 0.6) is 11.6 Å². The van der Waals surface area contributed by atoms with Gasteiger partial charge in [-0.05, 0) is 41.9 Å². The summed E-state index contributed by atoms with van der Waals surface area (Å²) in [5.41, 5.74) is -0.797. The number of urea groups is 1. The number of fused-ring (bicyclic) bond motifs is 1. The van der Waals surface area contributed by atoms with E-state index in [-0.39, 0.29) is 19.2 Å². The first-order valence-electron chi connectivity index (χ1n) is 11.4. The van der Waals surface area contributed by atoms with Gasteiger partial charge in [-0.25, -0.2) is 9.69 Å². The Labute approximate surface area is 214 Å². The van der Waals surface area contributed by atoms with Gasteiger partial charge < -0.3 is 24.5 Å². The Balaban J connectivity index is 1.68. The number of imide groups is 1. The predicted molar refractivity (Wildman–Crippen MR) is 140 cm³/mol. The Morgan fingerprint density at radius 1 is 1.11 bits per heavy atom. The van der Waals surface area contributed by atoms with Gasteiger partial charge >= 0.3 is 6.03 Å². The number of ether oxygens (including phenoxy) is 2. The Hall–Kier alpha value is -2.82. The third-order valence-corrected chi connectivity index (χ3v) is 8.44. The molecule has 1 aromatic heterocycles. The van der Waals surface area contributed by atoms with Crippen LogP contribution in [0, 0.1) is 0 Å². The molecular formula is C25H30BrN3O5Si. The van der Waals surface area contributed by atoms with Crippen LogP contribution in [0.1, 0.15) is 5.56 Å². The molecule has 4 rings (SSSR count). The number of nitrogens with zero attached hydrogens (tertiary/aromatic N) is 2. The summed E-state index contributed by atoms with van der Waals surface area (Å²) in [4.78, 5) is 27.9. The molecule has 0 saturated carbocycles. The minimum absolute atomic E-state index is 0.00738. The van der Waals surface area contributed by atoms with Crippen LogP contribution < -0.4 is 10.1 Å². The highest BCUT2D eigenvalue weighted by Crippen LogP contribution is 2.37. The molecule has 3 aromatic rings. The summed E-state index contributed by atoms with van der Waals surface area (Å²) >= 11 is 3.43. The van der Waals surface area contributed by atoms with Crippen molar-refractivity contribution >= 4 is 46.7 Å². The lowest BCUT2D eigenvalue weighted by atomic mass is 9.89. The number of nitrogens with one attached hydrogen (secondary N) is 1. The molecule has 2 N–H and O–H groups in total. The molecule has 186 valence electrons. The highest BCUT2D eigenvalue weighted by molar-refractivity contribution is 9.10. The topological polar surface area (TPSA) is 93.0 Å². The second kappa shape index (κ2) is 9.67. The maximum Gasteiger partial charge on any atom is 0.327 e. The molecule has 0 radical (unpaired) electrons. The lowest BCUT2D eigenvalue weighted by Crippen LogP contribution is -2.47. The fourth-order valence-electron chi connectivity index (χ4n) is 4.13. The molecule has 1 saturated heterocycles. The molecule has 2 heterocycles. The summed E-state index contributed by atoms with van der Waals surface area (Å²) in [6.07, 6.45) is 1.76. The van der Waals surface area contributed by atoms with Gasteiger partial charge in [-0.1, -0.05) is 47.7 Å². The summed E-state index contributed by atoms with van der Waals surface area (Å²) in [5, 5.41) is 15.3. The van der Waals surface area contributed by atoms with Gasteiger partial charge in [-0.2, -0.15) is 0 Å². The molecule has 3 amide bonds. The largest absolute Gasteiger partial charge is 0.497 e. The van der Waals surface area contributed by atoms with E-state index in [9.17, 15) is 14.7 Å². The average molecular weight is 561 g/mol. The number of hydrogen-bond donors (Lipinski definition) is 2. The van der Waals surface area contributed by atoms with Crippen molar-refractivity contribution in [2.75, 3.05) is 20.4 Å². The minimum Gasteiger partial charge on any atom is -0.497 e. The maximum atomic E-state index is 13.8. The number of aromatic hydroxyl groups is 1. The first-order chi connectivity index (χ1) is 16.5. The summed E-state index contributed by atoms with van der Waals surface area (Å²) in [6, 6.07) is 13.0. The first-order valence-corrected chi connectivity index (χ1v) is 15.9. The van der Waals surface area contributed by atoms with E-state index >= 15 is 0 Å². The van der Waals surface area contributed by atoms with Crippen molar-refractivity contribution in [2.24, 2.45) is 0 Å². The number of methoxy groups -OCH3 is 1. The number of halogens is 1. The van der Waals surface area contributed by atoms with Gasteiger partial charge in [0.1, 0.15) is 12.5 Å². The molecule has 0 unspecified atom stereocenters. The fraction of sp³-hybridized carbons (Fsp3) is 0.360. The van der Waals surface area contributed by atoms with E-state index in [1.807, 2.05) is 18.2 Å². The SMILES string of the molecule is COc1ccc2cn(C[C@@]3(c4ccc(Br)cc4)NC(=O)N(COCC[Si](C)(C)C)C3=O)c(O)c2c1. The molecule has 1 aliphatic heterocycles. The van der Waals surface area contributed by atoms with Crippen LogP contribution in [0.15, 0.2) is 53.1 Å². The molecule has 0 aliphatic carbocycles. The molecule has 8 nitrogen and oxygen atoms in total. The third-order valence-electron chi connectivity index (χ3n) is 6.21. The third kappa shape index (κ3) is 5.09. The van der Waals surface area contributed by atoms with E-state index in [4.69, 9.17) is 9.47 Å². The van der Waals surface area contributed by atoms with Crippen molar-refractivity contribution in [3.63, 3.8) is 0 Å². The number of rotatable bonds is 9. The smallest absolute Gasteiger partial charge is 0.327 e. The normalized spacial score (nSPS) is 18.4. The van der Waals surface area contributed by atoms with E-state index in [0.717, 1.165) is 20.8 Å². The number of hydrogen-bond acceptors (Lipinski definition) is 5. The maximum absolute atomic E-state index is 13.8. The summed E-state index contributed by atoms with van der Waals surface area (Å²) in [5.74, 6) is 0.176. The molecule has 0 bridgehead atoms. The second-order valence-electron chi connectivity index (χ2n) is 9.96. The van der Waals surface area contributed by atoms with Gasteiger partial charge in [-0.15, -0.1) is 0 Å². The number of aromatic nitrogens is 1. The molecular weight excluding hydrogens is 530 g/mol. The number of carbonyl (C=O) groups excluding carboxylic acids is 2. The molecule has 1 fully saturated rings. The molecule has 1 aliphatic rings. The van der Waals surface area contributed by atoms with Crippen molar-refractivity contribution in [1.29, 1.82) is 0 Å². The zero-order valence-corrected chi connectivity index (χ0v) is 22.9. The lowest BCUT2D eigenvalue weighted by molar-refractivity contribution is -0.135. The predicted octanol–water partition coefficient (Wildman–Crippen LogP) is 4.88. The van der Waals surface area contributed by atoms with Crippen LogP contribution in [0.3, 0.4) is 0 Å². The highest BCUT2D eigenvalue weighted by Gasteiger charge is 2.53. The Kier molecular flexibility index (Phi) is 6.99. The van der Waals surface area contributed by atoms with Crippen molar-refractivity contribution in [2.45, 2.75) is 37.8 Å². The van der Waals surface area contributed by atoms with E-state index < -0.39 is 25.6 Å². The number of amides is 3. The minimum atomic E-state index is -1.41.